The Balaban J connectivity index is 1.64. The van der Waals surface area contributed by atoms with Gasteiger partial charge in [0.05, 0.1) is 0 Å². The van der Waals surface area contributed by atoms with Gasteiger partial charge >= 0.3 is 6.01 Å². The van der Waals surface area contributed by atoms with Crippen molar-refractivity contribution >= 4 is 17.6 Å². The molecule has 0 bridgehead atoms. The molecule has 0 aromatic carbocycles. The molecule has 5 heteroatoms. The second-order valence-electron chi connectivity index (χ2n) is 5.73. The molecule has 0 radical (unpaired) electrons. The van der Waals surface area contributed by atoms with E-state index in [-0.39, 0.29) is 5.38 Å². The molecule has 1 aliphatic heterocycles. The van der Waals surface area contributed by atoms with Crippen LogP contribution in [0.5, 0.6) is 0 Å². The highest BCUT2D eigenvalue weighted by Gasteiger charge is 2.37. The molecular weight excluding hydrogens is 250 g/mol. The quantitative estimate of drug-likeness (QED) is 0.771. The third kappa shape index (κ3) is 2.22. The lowest BCUT2D eigenvalue weighted by Crippen LogP contribution is -2.39. The zero-order valence-corrected chi connectivity index (χ0v) is 11.6. The second-order valence-corrected chi connectivity index (χ2v) is 6.39. The molecule has 1 atom stereocenters. The molecule has 1 unspecified atom stereocenters. The lowest BCUT2D eigenvalue weighted by atomic mass is 9.77. The number of nitrogens with zero attached hydrogens (tertiary/aromatic N) is 3. The first-order valence-electron chi connectivity index (χ1n) is 6.91. The standard InChI is InChI=1S/C13H20ClN3O/c1-10(14)11-15-16-12(18-11)17-8-6-13(7-9-17)4-2-3-5-13/h10H,2-9H2,1H3. The van der Waals surface area contributed by atoms with Crippen molar-refractivity contribution in [2.24, 2.45) is 5.41 Å². The summed E-state index contributed by atoms with van der Waals surface area (Å²) in [6, 6.07) is 0.644. The Morgan fingerprint density at radius 2 is 1.83 bits per heavy atom. The molecule has 3 rings (SSSR count). The Kier molecular flexibility index (Phi) is 3.22. The van der Waals surface area contributed by atoms with Crippen LogP contribution < -0.4 is 4.90 Å². The third-order valence-corrected chi connectivity index (χ3v) is 4.72. The summed E-state index contributed by atoms with van der Waals surface area (Å²) >= 11 is 5.94. The zero-order chi connectivity index (χ0) is 12.6. The lowest BCUT2D eigenvalue weighted by molar-refractivity contribution is 0.222. The summed E-state index contributed by atoms with van der Waals surface area (Å²) in [6.45, 7) is 3.93. The predicted octanol–water partition coefficient (Wildman–Crippen LogP) is 3.53. The van der Waals surface area contributed by atoms with E-state index in [9.17, 15) is 0 Å². The minimum Gasteiger partial charge on any atom is -0.406 e. The number of rotatable bonds is 2. The third-order valence-electron chi connectivity index (χ3n) is 4.53. The van der Waals surface area contributed by atoms with Gasteiger partial charge in [0, 0.05) is 13.1 Å². The molecule has 2 heterocycles. The summed E-state index contributed by atoms with van der Waals surface area (Å²) in [7, 11) is 0. The molecule has 1 saturated carbocycles. The summed E-state index contributed by atoms with van der Waals surface area (Å²) < 4.78 is 5.61. The van der Waals surface area contributed by atoms with Crippen molar-refractivity contribution in [3.05, 3.63) is 5.89 Å². The Labute approximate surface area is 113 Å². The van der Waals surface area contributed by atoms with Crippen LogP contribution in [0.4, 0.5) is 6.01 Å². The van der Waals surface area contributed by atoms with Crippen LogP contribution in [0, 0.1) is 5.41 Å². The second kappa shape index (κ2) is 4.72. The van der Waals surface area contributed by atoms with Crippen molar-refractivity contribution in [1.82, 2.24) is 10.2 Å². The van der Waals surface area contributed by atoms with E-state index in [1.807, 2.05) is 6.92 Å². The highest BCUT2D eigenvalue weighted by atomic mass is 35.5. The van der Waals surface area contributed by atoms with E-state index < -0.39 is 0 Å². The average Bonchev–Trinajstić information content (AvgIpc) is 3.00. The molecule has 1 aliphatic carbocycles. The minimum absolute atomic E-state index is 0.211. The summed E-state index contributed by atoms with van der Waals surface area (Å²) in [5.74, 6) is 0.521. The maximum atomic E-state index is 5.94. The van der Waals surface area contributed by atoms with E-state index in [2.05, 4.69) is 15.1 Å². The Morgan fingerprint density at radius 3 is 2.39 bits per heavy atom. The topological polar surface area (TPSA) is 42.2 Å². The maximum Gasteiger partial charge on any atom is 0.318 e. The van der Waals surface area contributed by atoms with Crippen molar-refractivity contribution in [1.29, 1.82) is 0 Å². The number of hydrogen-bond acceptors (Lipinski definition) is 4. The first-order valence-corrected chi connectivity index (χ1v) is 7.35. The van der Waals surface area contributed by atoms with E-state index in [4.69, 9.17) is 16.0 Å². The Bertz CT molecular complexity index is 402. The van der Waals surface area contributed by atoms with Crippen molar-refractivity contribution in [3.8, 4) is 0 Å². The number of anilines is 1. The normalized spacial score (nSPS) is 24.7. The molecule has 2 fully saturated rings. The molecule has 18 heavy (non-hydrogen) atoms. The van der Waals surface area contributed by atoms with Crippen LogP contribution in [0.3, 0.4) is 0 Å². The van der Waals surface area contributed by atoms with Crippen molar-refractivity contribution in [3.63, 3.8) is 0 Å². The number of alkyl halides is 1. The molecule has 4 nitrogen and oxygen atoms in total. The molecular formula is C13H20ClN3O. The van der Waals surface area contributed by atoms with Gasteiger partial charge in [-0.1, -0.05) is 17.9 Å². The SMILES string of the molecule is CC(Cl)c1nnc(N2CCC3(CCCC3)CC2)o1. The number of halogens is 1. The van der Waals surface area contributed by atoms with Crippen LogP contribution in [0.1, 0.15) is 56.7 Å². The van der Waals surface area contributed by atoms with E-state index in [1.165, 1.54) is 38.5 Å². The van der Waals surface area contributed by atoms with Gasteiger partial charge in [-0.3, -0.25) is 0 Å². The zero-order valence-electron chi connectivity index (χ0n) is 10.9. The molecule has 1 saturated heterocycles. The van der Waals surface area contributed by atoms with Gasteiger partial charge in [0.2, 0.25) is 5.89 Å². The van der Waals surface area contributed by atoms with Gasteiger partial charge in [-0.05, 0) is 38.0 Å². The number of piperidine rings is 1. The molecule has 2 aliphatic rings. The van der Waals surface area contributed by atoms with Gasteiger partial charge < -0.3 is 9.32 Å². The van der Waals surface area contributed by atoms with Crippen LogP contribution in [-0.2, 0) is 0 Å². The van der Waals surface area contributed by atoms with Crippen LogP contribution in [0.25, 0.3) is 0 Å². The fraction of sp³-hybridized carbons (Fsp3) is 0.846. The van der Waals surface area contributed by atoms with Crippen LogP contribution >= 0.6 is 11.6 Å². The minimum atomic E-state index is -0.211. The monoisotopic (exact) mass is 269 g/mol. The molecule has 100 valence electrons. The van der Waals surface area contributed by atoms with Gasteiger partial charge in [-0.2, -0.15) is 0 Å². The van der Waals surface area contributed by atoms with Crippen molar-refractivity contribution in [2.75, 3.05) is 18.0 Å². The van der Waals surface area contributed by atoms with Gasteiger partial charge in [0.25, 0.3) is 0 Å². The predicted molar refractivity (Wildman–Crippen MR) is 70.9 cm³/mol. The molecule has 1 aromatic heterocycles. The Morgan fingerprint density at radius 1 is 1.17 bits per heavy atom. The molecule has 0 amide bonds. The summed E-state index contributed by atoms with van der Waals surface area (Å²) in [6.07, 6.45) is 8.18. The van der Waals surface area contributed by atoms with Gasteiger partial charge in [-0.15, -0.1) is 16.7 Å². The summed E-state index contributed by atoms with van der Waals surface area (Å²) in [5, 5.41) is 7.88. The van der Waals surface area contributed by atoms with Crippen LogP contribution in [0.15, 0.2) is 4.42 Å². The lowest BCUT2D eigenvalue weighted by Gasteiger charge is -2.38. The van der Waals surface area contributed by atoms with Gasteiger partial charge in [0.15, 0.2) is 0 Å². The molecule has 1 aromatic rings. The van der Waals surface area contributed by atoms with E-state index in [0.717, 1.165) is 13.1 Å². The fourth-order valence-electron chi connectivity index (χ4n) is 3.31. The van der Waals surface area contributed by atoms with E-state index in [1.54, 1.807) is 0 Å². The first kappa shape index (κ1) is 12.3. The number of aromatic nitrogens is 2. The van der Waals surface area contributed by atoms with Crippen LogP contribution in [0.2, 0.25) is 0 Å². The van der Waals surface area contributed by atoms with E-state index >= 15 is 0 Å². The Hall–Kier alpha value is -0.770. The highest BCUT2D eigenvalue weighted by Crippen LogP contribution is 2.46. The van der Waals surface area contributed by atoms with Crippen molar-refractivity contribution < 1.29 is 4.42 Å². The number of hydrogen-bond donors (Lipinski definition) is 0. The van der Waals surface area contributed by atoms with Gasteiger partial charge in [0.1, 0.15) is 5.38 Å². The fourth-order valence-corrected chi connectivity index (χ4v) is 3.40. The maximum absolute atomic E-state index is 5.94. The largest absolute Gasteiger partial charge is 0.406 e. The molecule has 1 spiro atoms. The van der Waals surface area contributed by atoms with Gasteiger partial charge in [-0.25, -0.2) is 0 Å². The van der Waals surface area contributed by atoms with Crippen molar-refractivity contribution in [2.45, 2.75) is 50.8 Å². The first-order chi connectivity index (χ1) is 8.69. The average molecular weight is 270 g/mol. The summed E-state index contributed by atoms with van der Waals surface area (Å²) in [5.41, 5.74) is 0.624. The smallest absolute Gasteiger partial charge is 0.318 e. The van der Waals surface area contributed by atoms with E-state index in [0.29, 0.717) is 17.3 Å². The summed E-state index contributed by atoms with van der Waals surface area (Å²) in [4.78, 5) is 2.21. The van der Waals surface area contributed by atoms with Crippen LogP contribution in [-0.4, -0.2) is 23.3 Å². The molecule has 0 N–H and O–H groups in total. The highest BCUT2D eigenvalue weighted by molar-refractivity contribution is 6.20.